The van der Waals surface area contributed by atoms with Crippen LogP contribution >= 0.6 is 24.8 Å². The van der Waals surface area contributed by atoms with Crippen molar-refractivity contribution in [2.24, 2.45) is 0 Å². The Bertz CT molecular complexity index is 401. The molecule has 2 rings (SSSR count). The fourth-order valence-corrected chi connectivity index (χ4v) is 2.66. The monoisotopic (exact) mass is 360 g/mol. The zero-order chi connectivity index (χ0) is 14.6. The van der Waals surface area contributed by atoms with Crippen molar-refractivity contribution in [3.63, 3.8) is 0 Å². The average Bonchev–Trinajstić information content (AvgIpc) is 3.18. The molecular formula is C17H30Cl2N4. The van der Waals surface area contributed by atoms with Crippen LogP contribution in [0.3, 0.4) is 0 Å². The second-order valence-electron chi connectivity index (χ2n) is 5.78. The van der Waals surface area contributed by atoms with Gasteiger partial charge in [0.15, 0.2) is 0 Å². The van der Waals surface area contributed by atoms with Crippen LogP contribution in [0, 0.1) is 0 Å². The Morgan fingerprint density at radius 2 is 0.870 bits per heavy atom. The molecule has 4 nitrogen and oxygen atoms in total. The number of imidazole rings is 2. The predicted octanol–water partition coefficient (Wildman–Crippen LogP) is 5.13. The van der Waals surface area contributed by atoms with Gasteiger partial charge in [0.05, 0.1) is 12.7 Å². The van der Waals surface area contributed by atoms with Crippen LogP contribution in [0.2, 0.25) is 0 Å². The lowest BCUT2D eigenvalue weighted by Crippen LogP contribution is -1.94. The summed E-state index contributed by atoms with van der Waals surface area (Å²) in [5.41, 5.74) is 0. The number of aromatic nitrogens is 4. The molecule has 0 radical (unpaired) electrons. The minimum absolute atomic E-state index is 0. The van der Waals surface area contributed by atoms with Gasteiger partial charge in [-0.25, -0.2) is 9.97 Å². The minimum atomic E-state index is 0. The Balaban J connectivity index is 0.00000242. The first-order valence-corrected chi connectivity index (χ1v) is 8.36. The van der Waals surface area contributed by atoms with Crippen molar-refractivity contribution in [2.45, 2.75) is 70.9 Å². The Morgan fingerprint density at radius 3 is 1.17 bits per heavy atom. The van der Waals surface area contributed by atoms with E-state index in [-0.39, 0.29) is 24.8 Å². The molecule has 0 amide bonds. The summed E-state index contributed by atoms with van der Waals surface area (Å²) in [5.74, 6) is 0. The summed E-state index contributed by atoms with van der Waals surface area (Å²) in [5, 5.41) is 0. The molecule has 0 bridgehead atoms. The fourth-order valence-electron chi connectivity index (χ4n) is 2.66. The van der Waals surface area contributed by atoms with E-state index in [0.717, 1.165) is 13.1 Å². The molecule has 0 fully saturated rings. The lowest BCUT2D eigenvalue weighted by molar-refractivity contribution is 0.523. The van der Waals surface area contributed by atoms with Crippen LogP contribution in [0.15, 0.2) is 37.4 Å². The molecule has 0 aliphatic rings. The van der Waals surface area contributed by atoms with Crippen molar-refractivity contribution in [1.29, 1.82) is 0 Å². The van der Waals surface area contributed by atoms with Crippen molar-refractivity contribution >= 4 is 24.8 Å². The number of nitrogens with zero attached hydrogens (tertiary/aromatic N) is 4. The van der Waals surface area contributed by atoms with E-state index in [1.165, 1.54) is 57.8 Å². The van der Waals surface area contributed by atoms with E-state index in [0.29, 0.717) is 0 Å². The van der Waals surface area contributed by atoms with Crippen molar-refractivity contribution in [1.82, 2.24) is 19.1 Å². The van der Waals surface area contributed by atoms with Crippen LogP contribution in [0.1, 0.15) is 57.8 Å². The zero-order valence-electron chi connectivity index (χ0n) is 13.8. The molecule has 0 saturated heterocycles. The minimum Gasteiger partial charge on any atom is -0.337 e. The summed E-state index contributed by atoms with van der Waals surface area (Å²) in [6.07, 6.45) is 23.8. The van der Waals surface area contributed by atoms with Gasteiger partial charge in [0.1, 0.15) is 0 Å². The summed E-state index contributed by atoms with van der Waals surface area (Å²) in [4.78, 5) is 8.12. The Hall–Kier alpha value is -1.00. The van der Waals surface area contributed by atoms with E-state index in [2.05, 4.69) is 19.1 Å². The Labute approximate surface area is 152 Å². The van der Waals surface area contributed by atoms with E-state index in [1.54, 1.807) is 0 Å². The van der Waals surface area contributed by atoms with Crippen LogP contribution in [0.4, 0.5) is 0 Å². The molecule has 2 heterocycles. The standard InChI is InChI=1S/C17H28N4.2ClH/c1(2-4-6-8-12-20-14-10-18-16-20)3-5-7-9-13-21-15-11-19-17-21;;/h10-11,14-17H,1-9,12-13H2;2*1H. The summed E-state index contributed by atoms with van der Waals surface area (Å²) >= 11 is 0. The Morgan fingerprint density at radius 1 is 0.522 bits per heavy atom. The molecule has 0 saturated carbocycles. The molecule has 0 unspecified atom stereocenters. The molecule has 0 atom stereocenters. The van der Waals surface area contributed by atoms with Gasteiger partial charge in [-0.15, -0.1) is 24.8 Å². The molecule has 0 N–H and O–H groups in total. The van der Waals surface area contributed by atoms with Crippen molar-refractivity contribution in [2.75, 3.05) is 0 Å². The normalized spacial score (nSPS) is 10.1. The quantitative estimate of drug-likeness (QED) is 0.491. The van der Waals surface area contributed by atoms with Gasteiger partial charge in [0.25, 0.3) is 0 Å². The van der Waals surface area contributed by atoms with Gasteiger partial charge in [0, 0.05) is 37.9 Å². The van der Waals surface area contributed by atoms with E-state index < -0.39 is 0 Å². The topological polar surface area (TPSA) is 35.6 Å². The highest BCUT2D eigenvalue weighted by Gasteiger charge is 1.95. The van der Waals surface area contributed by atoms with Crippen LogP contribution < -0.4 is 0 Å². The van der Waals surface area contributed by atoms with Gasteiger partial charge in [-0.2, -0.15) is 0 Å². The van der Waals surface area contributed by atoms with Gasteiger partial charge in [-0.3, -0.25) is 0 Å². The first-order valence-electron chi connectivity index (χ1n) is 8.36. The maximum atomic E-state index is 4.06. The highest BCUT2D eigenvalue weighted by atomic mass is 35.5. The third-order valence-electron chi connectivity index (χ3n) is 3.95. The molecule has 0 spiro atoms. The molecule has 132 valence electrons. The lowest BCUT2D eigenvalue weighted by Gasteiger charge is -2.04. The zero-order valence-corrected chi connectivity index (χ0v) is 15.5. The molecule has 0 aliphatic heterocycles. The first-order chi connectivity index (χ1) is 10.4. The van der Waals surface area contributed by atoms with E-state index in [9.17, 15) is 0 Å². The first kappa shape index (κ1) is 22.0. The summed E-state index contributed by atoms with van der Waals surface area (Å²) in [6, 6.07) is 0. The van der Waals surface area contributed by atoms with Crippen LogP contribution in [0.5, 0.6) is 0 Å². The number of halogens is 2. The SMILES string of the molecule is Cl.Cl.c1cn(CCCCCCCCCCCn2ccnc2)cn1. The van der Waals surface area contributed by atoms with Crippen molar-refractivity contribution in [3.05, 3.63) is 37.4 Å². The lowest BCUT2D eigenvalue weighted by atomic mass is 10.1. The van der Waals surface area contributed by atoms with Gasteiger partial charge in [0.2, 0.25) is 0 Å². The van der Waals surface area contributed by atoms with Gasteiger partial charge in [-0.1, -0.05) is 44.9 Å². The summed E-state index contributed by atoms with van der Waals surface area (Å²) in [6.45, 7) is 2.24. The molecule has 6 heteroatoms. The highest BCUT2D eigenvalue weighted by molar-refractivity contribution is 5.85. The number of hydrogen-bond donors (Lipinski definition) is 0. The summed E-state index contributed by atoms with van der Waals surface area (Å²) in [7, 11) is 0. The van der Waals surface area contributed by atoms with Crippen molar-refractivity contribution in [3.8, 4) is 0 Å². The van der Waals surface area contributed by atoms with E-state index >= 15 is 0 Å². The van der Waals surface area contributed by atoms with Gasteiger partial charge < -0.3 is 9.13 Å². The second-order valence-corrected chi connectivity index (χ2v) is 5.78. The fraction of sp³-hybridized carbons (Fsp3) is 0.647. The predicted molar refractivity (Wildman–Crippen MR) is 101 cm³/mol. The third-order valence-corrected chi connectivity index (χ3v) is 3.95. The smallest absolute Gasteiger partial charge is 0.0945 e. The van der Waals surface area contributed by atoms with Crippen LogP contribution in [-0.2, 0) is 13.1 Å². The molecular weight excluding hydrogens is 331 g/mol. The molecule has 2 aromatic heterocycles. The summed E-state index contributed by atoms with van der Waals surface area (Å²) < 4.78 is 4.33. The third kappa shape index (κ3) is 10.4. The highest BCUT2D eigenvalue weighted by Crippen LogP contribution is 2.10. The maximum absolute atomic E-state index is 4.06. The molecule has 2 aromatic rings. The average molecular weight is 361 g/mol. The molecule has 0 aliphatic carbocycles. The number of unbranched alkanes of at least 4 members (excludes halogenated alkanes) is 8. The second kappa shape index (κ2) is 14.6. The van der Waals surface area contributed by atoms with E-state index in [1.807, 2.05) is 37.4 Å². The van der Waals surface area contributed by atoms with Gasteiger partial charge >= 0.3 is 0 Å². The number of rotatable bonds is 12. The largest absolute Gasteiger partial charge is 0.337 e. The Kier molecular flexibility index (Phi) is 13.9. The van der Waals surface area contributed by atoms with E-state index in [4.69, 9.17) is 0 Å². The van der Waals surface area contributed by atoms with Crippen LogP contribution in [0.25, 0.3) is 0 Å². The molecule has 0 aromatic carbocycles. The number of aryl methyl sites for hydroxylation is 2. The molecule has 23 heavy (non-hydrogen) atoms. The number of hydrogen-bond acceptors (Lipinski definition) is 2. The maximum Gasteiger partial charge on any atom is 0.0945 e. The van der Waals surface area contributed by atoms with Gasteiger partial charge in [-0.05, 0) is 12.8 Å². The van der Waals surface area contributed by atoms with Crippen molar-refractivity contribution < 1.29 is 0 Å². The van der Waals surface area contributed by atoms with Crippen LogP contribution in [-0.4, -0.2) is 19.1 Å².